The van der Waals surface area contributed by atoms with Crippen molar-refractivity contribution in [3.63, 3.8) is 0 Å². The van der Waals surface area contributed by atoms with E-state index < -0.39 is 14.2 Å². The normalized spacial score (nSPS) is 30.0. The van der Waals surface area contributed by atoms with Crippen molar-refractivity contribution in [2.75, 3.05) is 0 Å². The third-order valence-electron chi connectivity index (χ3n) is 1.81. The fourth-order valence-electron chi connectivity index (χ4n) is 1.41. The van der Waals surface area contributed by atoms with Gasteiger partial charge >= 0.3 is 0 Å². The molecule has 0 amide bonds. The van der Waals surface area contributed by atoms with E-state index in [1.54, 1.807) is 0 Å². The van der Waals surface area contributed by atoms with Crippen LogP contribution in [0.15, 0.2) is 0 Å². The van der Waals surface area contributed by atoms with Crippen molar-refractivity contribution >= 4 is 8.32 Å². The van der Waals surface area contributed by atoms with Gasteiger partial charge in [-0.15, -0.1) is 0 Å². The molecule has 0 atom stereocenters. The Bertz CT molecular complexity index is 122. The summed E-state index contributed by atoms with van der Waals surface area (Å²) in [7, 11) is -1.48. The van der Waals surface area contributed by atoms with Crippen LogP contribution in [0.25, 0.3) is 0 Å². The molecule has 1 heterocycles. The summed E-state index contributed by atoms with van der Waals surface area (Å²) < 4.78 is 5.56. The number of nitrogens with two attached hydrogens (primary N) is 2. The summed E-state index contributed by atoms with van der Waals surface area (Å²) in [5.41, 5.74) is 11.3. The first kappa shape index (κ1) is 8.20. The lowest BCUT2D eigenvalue weighted by Crippen LogP contribution is -2.60. The molecule has 0 bridgehead atoms. The zero-order valence-corrected chi connectivity index (χ0v) is 7.68. The van der Waals surface area contributed by atoms with E-state index in [0.29, 0.717) is 0 Å². The van der Waals surface area contributed by atoms with E-state index in [1.165, 1.54) is 6.04 Å². The minimum absolute atomic E-state index is 0.795. The van der Waals surface area contributed by atoms with Crippen LogP contribution >= 0.6 is 0 Å². The molecule has 1 aliphatic rings. The van der Waals surface area contributed by atoms with E-state index >= 15 is 0 Å². The molecule has 0 aromatic heterocycles. The van der Waals surface area contributed by atoms with Crippen molar-refractivity contribution in [2.24, 2.45) is 11.5 Å². The zero-order valence-electron chi connectivity index (χ0n) is 6.68. The predicted molar refractivity (Wildman–Crippen MR) is 43.7 cm³/mol. The van der Waals surface area contributed by atoms with Crippen LogP contribution in [0.5, 0.6) is 0 Å². The first-order chi connectivity index (χ1) is 4.41. The summed E-state index contributed by atoms with van der Waals surface area (Å²) in [6, 6.07) is 1.18. The Kier molecular flexibility index (Phi) is 1.89. The molecule has 1 rings (SSSR count). The van der Waals surface area contributed by atoms with Gasteiger partial charge in [0, 0.05) is 6.42 Å². The Hall–Kier alpha value is 0.0969. The van der Waals surface area contributed by atoms with E-state index in [2.05, 4.69) is 13.1 Å². The van der Waals surface area contributed by atoms with Crippen molar-refractivity contribution in [1.82, 2.24) is 0 Å². The van der Waals surface area contributed by atoms with E-state index in [1.807, 2.05) is 0 Å². The lowest BCUT2D eigenvalue weighted by Gasteiger charge is -2.39. The summed E-state index contributed by atoms with van der Waals surface area (Å²) in [5, 5.41) is 0. The third kappa shape index (κ3) is 2.05. The third-order valence-corrected chi connectivity index (χ3v) is 4.30. The van der Waals surface area contributed by atoms with Crippen molar-refractivity contribution < 1.29 is 4.43 Å². The Balaban J connectivity index is 2.56. The summed E-state index contributed by atoms with van der Waals surface area (Å²) in [6.45, 7) is 4.31. The molecular formula is C6H16N2OSi. The monoisotopic (exact) mass is 160 g/mol. The molecule has 0 saturated carbocycles. The van der Waals surface area contributed by atoms with Crippen molar-refractivity contribution in [2.45, 2.75) is 37.8 Å². The Morgan fingerprint density at radius 2 is 2.00 bits per heavy atom. The maximum absolute atomic E-state index is 5.64. The van der Waals surface area contributed by atoms with Gasteiger partial charge in [0.1, 0.15) is 0 Å². The second kappa shape index (κ2) is 2.30. The lowest BCUT2D eigenvalue weighted by atomic mass is 10.2. The van der Waals surface area contributed by atoms with E-state index in [9.17, 15) is 0 Å². The van der Waals surface area contributed by atoms with Gasteiger partial charge in [-0.2, -0.15) is 0 Å². The molecule has 0 aromatic carbocycles. The second-order valence-electron chi connectivity index (χ2n) is 3.67. The smallest absolute Gasteiger partial charge is 0.190 e. The van der Waals surface area contributed by atoms with Gasteiger partial charge in [-0.05, 0) is 25.6 Å². The standard InChI is InChI=1S/C6H16N2OSi/c1-10(2)5-3-4-6(7,8)9-10/h3-5,7-8H2,1-2H3. The van der Waals surface area contributed by atoms with Crippen LogP contribution in [0, 0.1) is 0 Å². The zero-order chi connectivity index (χ0) is 7.83. The van der Waals surface area contributed by atoms with Gasteiger partial charge in [0.05, 0.1) is 0 Å². The first-order valence-corrected chi connectivity index (χ1v) is 6.81. The fraction of sp³-hybridized carbons (Fsp3) is 1.00. The maximum Gasteiger partial charge on any atom is 0.190 e. The van der Waals surface area contributed by atoms with Crippen LogP contribution < -0.4 is 11.5 Å². The Morgan fingerprint density at radius 1 is 1.40 bits per heavy atom. The molecule has 3 nitrogen and oxygen atoms in total. The molecule has 60 valence electrons. The molecule has 0 spiro atoms. The maximum atomic E-state index is 5.64. The summed E-state index contributed by atoms with van der Waals surface area (Å²) >= 11 is 0. The molecule has 0 unspecified atom stereocenters. The van der Waals surface area contributed by atoms with Gasteiger partial charge in [0.25, 0.3) is 0 Å². The highest BCUT2D eigenvalue weighted by atomic mass is 28.4. The van der Waals surface area contributed by atoms with E-state index in [-0.39, 0.29) is 0 Å². The highest BCUT2D eigenvalue weighted by Crippen LogP contribution is 2.26. The van der Waals surface area contributed by atoms with Crippen LogP contribution in [-0.4, -0.2) is 14.2 Å². The van der Waals surface area contributed by atoms with Crippen molar-refractivity contribution in [3.8, 4) is 0 Å². The van der Waals surface area contributed by atoms with Crippen LogP contribution in [-0.2, 0) is 4.43 Å². The SMILES string of the molecule is C[Si]1(C)CCCC(N)(N)O1. The molecule has 0 aromatic rings. The summed E-state index contributed by atoms with van der Waals surface area (Å²) in [5.74, 6) is -0.825. The summed E-state index contributed by atoms with van der Waals surface area (Å²) in [6.07, 6.45) is 1.91. The largest absolute Gasteiger partial charge is 0.388 e. The van der Waals surface area contributed by atoms with Crippen LogP contribution in [0.1, 0.15) is 12.8 Å². The summed E-state index contributed by atoms with van der Waals surface area (Å²) in [4.78, 5) is 0. The highest BCUT2D eigenvalue weighted by Gasteiger charge is 2.36. The molecule has 1 saturated heterocycles. The quantitative estimate of drug-likeness (QED) is 0.402. The van der Waals surface area contributed by atoms with Crippen LogP contribution in [0.2, 0.25) is 19.1 Å². The highest BCUT2D eigenvalue weighted by molar-refractivity contribution is 6.71. The minimum atomic E-state index is -1.48. The average Bonchev–Trinajstić information content (AvgIpc) is 1.56. The van der Waals surface area contributed by atoms with Gasteiger partial charge in [-0.3, -0.25) is 11.5 Å². The van der Waals surface area contributed by atoms with E-state index in [4.69, 9.17) is 15.9 Å². The number of rotatable bonds is 0. The first-order valence-electron chi connectivity index (χ1n) is 3.69. The van der Waals surface area contributed by atoms with Crippen LogP contribution in [0.4, 0.5) is 0 Å². The average molecular weight is 160 g/mol. The van der Waals surface area contributed by atoms with Gasteiger partial charge in [-0.1, -0.05) is 0 Å². The number of hydrogen-bond acceptors (Lipinski definition) is 3. The number of hydrogen-bond donors (Lipinski definition) is 2. The Labute approximate surface area is 62.9 Å². The van der Waals surface area contributed by atoms with E-state index in [0.717, 1.165) is 12.8 Å². The van der Waals surface area contributed by atoms with Crippen molar-refractivity contribution in [1.29, 1.82) is 0 Å². The molecular weight excluding hydrogens is 144 g/mol. The molecule has 4 N–H and O–H groups in total. The topological polar surface area (TPSA) is 61.3 Å². The van der Waals surface area contributed by atoms with Gasteiger partial charge in [0.15, 0.2) is 14.2 Å². The molecule has 0 aliphatic carbocycles. The molecule has 1 fully saturated rings. The second-order valence-corrected chi connectivity index (χ2v) is 7.89. The Morgan fingerprint density at radius 3 is 2.30 bits per heavy atom. The minimum Gasteiger partial charge on any atom is -0.388 e. The predicted octanol–water partition coefficient (Wildman–Crippen LogP) is 0.573. The van der Waals surface area contributed by atoms with Gasteiger partial charge < -0.3 is 4.43 Å². The molecule has 0 radical (unpaired) electrons. The van der Waals surface area contributed by atoms with Crippen LogP contribution in [0.3, 0.4) is 0 Å². The fourth-order valence-corrected chi connectivity index (χ4v) is 3.67. The van der Waals surface area contributed by atoms with Gasteiger partial charge in [0.2, 0.25) is 0 Å². The molecule has 4 heteroatoms. The van der Waals surface area contributed by atoms with Gasteiger partial charge in [-0.25, -0.2) is 0 Å². The molecule has 1 aliphatic heterocycles. The van der Waals surface area contributed by atoms with Crippen molar-refractivity contribution in [3.05, 3.63) is 0 Å². The lowest BCUT2D eigenvalue weighted by molar-refractivity contribution is 0.0473. The molecule has 10 heavy (non-hydrogen) atoms.